The van der Waals surface area contributed by atoms with Gasteiger partial charge in [0.05, 0.1) is 12.2 Å². The third-order valence-corrected chi connectivity index (χ3v) is 3.38. The lowest BCUT2D eigenvalue weighted by Crippen LogP contribution is -2.27. The summed E-state index contributed by atoms with van der Waals surface area (Å²) < 4.78 is 25.1. The molecule has 1 rings (SSSR count). The van der Waals surface area contributed by atoms with Crippen molar-refractivity contribution in [3.63, 3.8) is 0 Å². The molecule has 0 aliphatic carbocycles. The maximum atomic E-state index is 11.4. The highest BCUT2D eigenvalue weighted by atomic mass is 32.2. The van der Waals surface area contributed by atoms with E-state index in [1.807, 2.05) is 6.92 Å². The smallest absolute Gasteiger partial charge is 0.304 e. The van der Waals surface area contributed by atoms with E-state index in [0.29, 0.717) is 0 Å². The van der Waals surface area contributed by atoms with Crippen molar-refractivity contribution in [2.45, 2.75) is 19.9 Å². The van der Waals surface area contributed by atoms with Gasteiger partial charge in [-0.25, -0.2) is 13.1 Å². The first-order chi connectivity index (χ1) is 7.89. The molecule has 94 valence electrons. The Balaban J connectivity index is 2.49. The Kier molecular flexibility index (Phi) is 4.59. The van der Waals surface area contributed by atoms with Gasteiger partial charge in [-0.15, -0.1) is 0 Å². The van der Waals surface area contributed by atoms with Gasteiger partial charge in [0.2, 0.25) is 10.0 Å². The minimum atomic E-state index is -3.54. The second kappa shape index (κ2) is 5.74. The summed E-state index contributed by atoms with van der Waals surface area (Å²) >= 11 is 0. The van der Waals surface area contributed by atoms with E-state index in [0.717, 1.165) is 11.3 Å². The van der Waals surface area contributed by atoms with E-state index in [1.165, 1.54) is 0 Å². The molecule has 0 saturated heterocycles. The highest BCUT2D eigenvalue weighted by Crippen LogP contribution is 2.00. The van der Waals surface area contributed by atoms with Gasteiger partial charge in [-0.05, 0) is 18.6 Å². The van der Waals surface area contributed by atoms with E-state index < -0.39 is 28.2 Å². The van der Waals surface area contributed by atoms with Crippen LogP contribution in [0, 0.1) is 6.92 Å². The molecule has 0 aliphatic rings. The Morgan fingerprint density at radius 2 is 2.18 bits per heavy atom. The Morgan fingerprint density at radius 3 is 2.71 bits per heavy atom. The van der Waals surface area contributed by atoms with E-state index in [2.05, 4.69) is 9.71 Å². The van der Waals surface area contributed by atoms with Crippen LogP contribution in [0.3, 0.4) is 0 Å². The number of hydrogen-bond donors (Lipinski definition) is 2. The third kappa shape index (κ3) is 5.41. The molecule has 1 heterocycles. The maximum Gasteiger partial charge on any atom is 0.304 e. The number of nitrogens with zero attached hydrogens (tertiary/aromatic N) is 1. The van der Waals surface area contributed by atoms with Crippen molar-refractivity contribution in [1.29, 1.82) is 0 Å². The summed E-state index contributed by atoms with van der Waals surface area (Å²) in [5, 5.41) is 8.39. The highest BCUT2D eigenvalue weighted by molar-refractivity contribution is 7.89. The summed E-state index contributed by atoms with van der Waals surface area (Å²) in [6.45, 7) is 1.95. The third-order valence-electron chi connectivity index (χ3n) is 2.05. The fraction of sp³-hybridized carbons (Fsp3) is 0.400. The molecule has 0 amide bonds. The van der Waals surface area contributed by atoms with Gasteiger partial charge in [-0.3, -0.25) is 9.78 Å². The topological polar surface area (TPSA) is 96.4 Å². The molecule has 0 spiro atoms. The van der Waals surface area contributed by atoms with Crippen LogP contribution in [0.2, 0.25) is 0 Å². The van der Waals surface area contributed by atoms with Crippen LogP contribution in [-0.4, -0.2) is 30.2 Å². The van der Waals surface area contributed by atoms with Gasteiger partial charge in [0.1, 0.15) is 0 Å². The summed E-state index contributed by atoms with van der Waals surface area (Å²) in [6.07, 6.45) is 1.18. The van der Waals surface area contributed by atoms with Crippen molar-refractivity contribution in [2.24, 2.45) is 0 Å². The monoisotopic (exact) mass is 258 g/mol. The van der Waals surface area contributed by atoms with E-state index in [4.69, 9.17) is 5.11 Å². The Bertz CT molecular complexity index is 482. The molecule has 0 fully saturated rings. The summed E-state index contributed by atoms with van der Waals surface area (Å²) in [7, 11) is -3.54. The van der Waals surface area contributed by atoms with Crippen molar-refractivity contribution >= 4 is 16.0 Å². The molecule has 7 heteroatoms. The predicted molar refractivity (Wildman–Crippen MR) is 61.9 cm³/mol. The minimum absolute atomic E-state index is 0.120. The fourth-order valence-electron chi connectivity index (χ4n) is 1.09. The van der Waals surface area contributed by atoms with Crippen LogP contribution in [0.1, 0.15) is 17.7 Å². The van der Waals surface area contributed by atoms with E-state index in [9.17, 15) is 13.2 Å². The number of rotatable bonds is 6. The normalized spacial score (nSPS) is 11.4. The zero-order valence-corrected chi connectivity index (χ0v) is 10.2. The Labute approximate surface area is 99.7 Å². The number of hydrogen-bond acceptors (Lipinski definition) is 4. The molecule has 0 unspecified atom stereocenters. The second-order valence-electron chi connectivity index (χ2n) is 3.59. The van der Waals surface area contributed by atoms with Crippen molar-refractivity contribution in [2.75, 3.05) is 5.75 Å². The van der Waals surface area contributed by atoms with Crippen molar-refractivity contribution in [1.82, 2.24) is 9.71 Å². The number of nitrogens with one attached hydrogen (secondary N) is 1. The molecule has 0 saturated carbocycles. The number of pyridine rings is 1. The number of sulfonamides is 1. The molecule has 1 aromatic rings. The summed E-state index contributed by atoms with van der Waals surface area (Å²) in [5.41, 5.74) is 1.58. The van der Waals surface area contributed by atoms with Crippen LogP contribution < -0.4 is 4.72 Å². The van der Waals surface area contributed by atoms with Crippen LogP contribution in [-0.2, 0) is 21.4 Å². The van der Waals surface area contributed by atoms with Gasteiger partial charge in [0.15, 0.2) is 0 Å². The number of aryl methyl sites for hydroxylation is 1. The molecule has 17 heavy (non-hydrogen) atoms. The molecule has 6 nitrogen and oxygen atoms in total. The van der Waals surface area contributed by atoms with Gasteiger partial charge in [-0.1, -0.05) is 6.07 Å². The van der Waals surface area contributed by atoms with Gasteiger partial charge in [-0.2, -0.15) is 0 Å². The summed E-state index contributed by atoms with van der Waals surface area (Å²) in [6, 6.07) is 3.54. The van der Waals surface area contributed by atoms with Gasteiger partial charge >= 0.3 is 5.97 Å². The molecule has 1 aromatic heterocycles. The van der Waals surface area contributed by atoms with Gasteiger partial charge in [0.25, 0.3) is 0 Å². The standard InChI is InChI=1S/C10H14N2O4S/c1-8-2-3-9(6-11-8)7-12-17(15,16)5-4-10(13)14/h2-3,6,12H,4-5,7H2,1H3,(H,13,14). The highest BCUT2D eigenvalue weighted by Gasteiger charge is 2.12. The number of aromatic nitrogens is 1. The van der Waals surface area contributed by atoms with Crippen LogP contribution >= 0.6 is 0 Å². The lowest BCUT2D eigenvalue weighted by molar-refractivity contribution is -0.136. The van der Waals surface area contributed by atoms with Crippen LogP contribution in [0.15, 0.2) is 18.3 Å². The Morgan fingerprint density at radius 1 is 1.47 bits per heavy atom. The number of aliphatic carboxylic acids is 1. The number of carboxylic acid groups (broad SMARTS) is 1. The zero-order chi connectivity index (χ0) is 12.9. The molecular formula is C10H14N2O4S. The van der Waals surface area contributed by atoms with Crippen LogP contribution in [0.4, 0.5) is 0 Å². The van der Waals surface area contributed by atoms with Crippen molar-refractivity contribution in [3.05, 3.63) is 29.6 Å². The quantitative estimate of drug-likeness (QED) is 0.764. The van der Waals surface area contributed by atoms with Crippen molar-refractivity contribution in [3.8, 4) is 0 Å². The van der Waals surface area contributed by atoms with E-state index in [-0.39, 0.29) is 6.54 Å². The van der Waals surface area contributed by atoms with Crippen molar-refractivity contribution < 1.29 is 18.3 Å². The lowest BCUT2D eigenvalue weighted by Gasteiger charge is -2.05. The minimum Gasteiger partial charge on any atom is -0.481 e. The van der Waals surface area contributed by atoms with Crippen LogP contribution in [0.5, 0.6) is 0 Å². The first-order valence-electron chi connectivity index (χ1n) is 5.00. The maximum absolute atomic E-state index is 11.4. The predicted octanol–water partition coefficient (Wildman–Crippen LogP) is 0.284. The Hall–Kier alpha value is -1.47. The molecule has 0 atom stereocenters. The van der Waals surface area contributed by atoms with Gasteiger partial charge in [0, 0.05) is 18.4 Å². The first kappa shape index (κ1) is 13.6. The SMILES string of the molecule is Cc1ccc(CNS(=O)(=O)CCC(=O)O)cn1. The van der Waals surface area contributed by atoms with E-state index >= 15 is 0 Å². The molecule has 0 radical (unpaired) electrons. The largest absolute Gasteiger partial charge is 0.481 e. The molecule has 0 bridgehead atoms. The molecular weight excluding hydrogens is 244 g/mol. The molecule has 2 N–H and O–H groups in total. The molecule has 0 aliphatic heterocycles. The van der Waals surface area contributed by atoms with Crippen LogP contribution in [0.25, 0.3) is 0 Å². The summed E-state index contributed by atoms with van der Waals surface area (Å²) in [4.78, 5) is 14.3. The first-order valence-corrected chi connectivity index (χ1v) is 6.65. The average molecular weight is 258 g/mol. The lowest BCUT2D eigenvalue weighted by atomic mass is 10.2. The zero-order valence-electron chi connectivity index (χ0n) is 9.38. The summed E-state index contributed by atoms with van der Waals surface area (Å²) in [5.74, 6) is -1.55. The van der Waals surface area contributed by atoms with E-state index in [1.54, 1.807) is 18.3 Å². The second-order valence-corrected chi connectivity index (χ2v) is 5.52. The average Bonchev–Trinajstić information content (AvgIpc) is 2.26. The number of carboxylic acids is 1. The van der Waals surface area contributed by atoms with Gasteiger partial charge < -0.3 is 5.11 Å². The number of carbonyl (C=O) groups is 1. The fourth-order valence-corrected chi connectivity index (χ4v) is 2.06. The molecule has 0 aromatic carbocycles.